The number of hydrogen-bond donors (Lipinski definition) is 0. The molecule has 1 nitrogen and oxygen atoms in total. The molecule has 0 aromatic heterocycles. The van der Waals surface area contributed by atoms with E-state index in [2.05, 4.69) is 69.6 Å². The van der Waals surface area contributed by atoms with Crippen LogP contribution in [-0.4, -0.2) is 30.2 Å². The van der Waals surface area contributed by atoms with Crippen molar-refractivity contribution < 1.29 is 0 Å². The van der Waals surface area contributed by atoms with Gasteiger partial charge in [-0.25, -0.2) is 0 Å². The molecule has 1 heterocycles. The summed E-state index contributed by atoms with van der Waals surface area (Å²) in [7, 11) is 3.07. The third-order valence-electron chi connectivity index (χ3n) is 5.19. The molecule has 1 aromatic carbocycles. The first-order valence-electron chi connectivity index (χ1n) is 9.30. The molecule has 2 atom stereocenters. The Kier molecular flexibility index (Phi) is 6.46. The third-order valence-corrected chi connectivity index (χ3v) is 5.74. The highest BCUT2D eigenvalue weighted by atomic mass is 31.0. The highest BCUT2D eigenvalue weighted by molar-refractivity contribution is 7.17. The Balaban J connectivity index is 1.42. The first-order valence-corrected chi connectivity index (χ1v) is 9.96. The van der Waals surface area contributed by atoms with E-state index in [-0.39, 0.29) is 0 Å². The summed E-state index contributed by atoms with van der Waals surface area (Å²) in [6.07, 6.45) is 15.5. The predicted octanol–water partition coefficient (Wildman–Crippen LogP) is 5.38. The molecule has 2 heteroatoms. The normalized spacial score (nSPS) is 19.8. The Morgan fingerprint density at radius 3 is 3.00 bits per heavy atom. The van der Waals surface area contributed by atoms with Gasteiger partial charge in [0.2, 0.25) is 0 Å². The van der Waals surface area contributed by atoms with Crippen LogP contribution < -0.4 is 0 Å². The lowest BCUT2D eigenvalue weighted by Crippen LogP contribution is -2.36. The van der Waals surface area contributed by atoms with Gasteiger partial charge in [0.1, 0.15) is 0 Å². The summed E-state index contributed by atoms with van der Waals surface area (Å²) in [4.78, 5) is 2.64. The summed E-state index contributed by atoms with van der Waals surface area (Å²) in [5.41, 5.74) is 6.70. The van der Waals surface area contributed by atoms with Crippen molar-refractivity contribution in [2.75, 3.05) is 19.6 Å². The van der Waals surface area contributed by atoms with Crippen LogP contribution in [0.5, 0.6) is 0 Å². The van der Waals surface area contributed by atoms with Gasteiger partial charge in [-0.3, -0.25) is 4.90 Å². The van der Waals surface area contributed by atoms with Crippen molar-refractivity contribution in [1.29, 1.82) is 0 Å². The van der Waals surface area contributed by atoms with Crippen molar-refractivity contribution in [1.82, 2.24) is 4.90 Å². The van der Waals surface area contributed by atoms with Crippen LogP contribution in [0.4, 0.5) is 0 Å². The summed E-state index contributed by atoms with van der Waals surface area (Å²) >= 11 is 0. The Labute approximate surface area is 149 Å². The molecular weight excluding hydrogens is 309 g/mol. The van der Waals surface area contributed by atoms with E-state index in [9.17, 15) is 0 Å². The number of hydrogen-bond acceptors (Lipinski definition) is 1. The molecule has 3 rings (SSSR count). The molecule has 1 aromatic rings. The lowest BCUT2D eigenvalue weighted by molar-refractivity contribution is 0.283. The van der Waals surface area contributed by atoms with Crippen LogP contribution in [0, 0.1) is 6.92 Å². The summed E-state index contributed by atoms with van der Waals surface area (Å²) in [6, 6.07) is 8.59. The van der Waals surface area contributed by atoms with E-state index in [4.69, 9.17) is 0 Å². The van der Waals surface area contributed by atoms with Gasteiger partial charge in [-0.15, -0.1) is 9.24 Å². The van der Waals surface area contributed by atoms with Gasteiger partial charge in [0.05, 0.1) is 0 Å². The SMILES string of the molecule is Cc1ccccc1/C=C/CCC(P)CN1CCC2=C(C=CCC2)C1. The van der Waals surface area contributed by atoms with Crippen LogP contribution in [0.25, 0.3) is 6.08 Å². The average Bonchev–Trinajstić information content (AvgIpc) is 2.60. The molecule has 0 saturated carbocycles. The van der Waals surface area contributed by atoms with Gasteiger partial charge in [0.25, 0.3) is 0 Å². The van der Waals surface area contributed by atoms with Crippen molar-refractivity contribution in [3.63, 3.8) is 0 Å². The molecule has 24 heavy (non-hydrogen) atoms. The molecule has 0 fully saturated rings. The van der Waals surface area contributed by atoms with Gasteiger partial charge in [-0.1, -0.05) is 54.1 Å². The molecule has 2 unspecified atom stereocenters. The van der Waals surface area contributed by atoms with Crippen LogP contribution in [0.3, 0.4) is 0 Å². The zero-order chi connectivity index (χ0) is 16.8. The molecule has 0 bridgehead atoms. The molecule has 0 saturated heterocycles. The highest BCUT2D eigenvalue weighted by Gasteiger charge is 2.19. The minimum absolute atomic E-state index is 0.682. The van der Waals surface area contributed by atoms with E-state index in [1.165, 1.54) is 49.9 Å². The summed E-state index contributed by atoms with van der Waals surface area (Å²) in [5.74, 6) is 0. The van der Waals surface area contributed by atoms with Crippen LogP contribution >= 0.6 is 9.24 Å². The second-order valence-electron chi connectivity index (χ2n) is 7.15. The lowest BCUT2D eigenvalue weighted by atomic mass is 9.91. The Bertz CT molecular complexity index is 641. The van der Waals surface area contributed by atoms with Crippen molar-refractivity contribution >= 4 is 15.3 Å². The predicted molar refractivity (Wildman–Crippen MR) is 109 cm³/mol. The van der Waals surface area contributed by atoms with Crippen LogP contribution in [0.1, 0.15) is 43.2 Å². The maximum absolute atomic E-state index is 3.07. The van der Waals surface area contributed by atoms with Gasteiger partial charge in [-0.2, -0.15) is 0 Å². The number of rotatable bonds is 6. The first kappa shape index (κ1) is 17.6. The molecule has 0 radical (unpaired) electrons. The Hall–Kier alpha value is -1.17. The second-order valence-corrected chi connectivity index (χ2v) is 8.09. The fourth-order valence-corrected chi connectivity index (χ4v) is 4.19. The topological polar surface area (TPSA) is 3.24 Å². The number of benzene rings is 1. The minimum Gasteiger partial charge on any atom is -0.298 e. The molecule has 1 aliphatic carbocycles. The van der Waals surface area contributed by atoms with Crippen molar-refractivity contribution in [3.05, 3.63) is 64.8 Å². The summed E-state index contributed by atoms with van der Waals surface area (Å²) in [5, 5.41) is 0. The van der Waals surface area contributed by atoms with Crippen LogP contribution in [0.15, 0.2) is 53.6 Å². The molecule has 0 amide bonds. The van der Waals surface area contributed by atoms with Gasteiger partial charge < -0.3 is 0 Å². The first-order chi connectivity index (χ1) is 11.7. The van der Waals surface area contributed by atoms with Gasteiger partial charge in [0.15, 0.2) is 0 Å². The zero-order valence-corrected chi connectivity index (χ0v) is 16.0. The van der Waals surface area contributed by atoms with E-state index in [1.807, 2.05) is 0 Å². The number of aryl methyl sites for hydroxylation is 1. The van der Waals surface area contributed by atoms with Crippen LogP contribution in [0.2, 0.25) is 0 Å². The second kappa shape index (κ2) is 8.79. The summed E-state index contributed by atoms with van der Waals surface area (Å²) < 4.78 is 0. The largest absolute Gasteiger partial charge is 0.298 e. The molecular formula is C22H30NP. The molecule has 128 valence electrons. The quantitative estimate of drug-likeness (QED) is 0.629. The van der Waals surface area contributed by atoms with E-state index in [1.54, 1.807) is 11.1 Å². The molecule has 1 aliphatic heterocycles. The fourth-order valence-electron chi connectivity index (χ4n) is 3.70. The summed E-state index contributed by atoms with van der Waals surface area (Å²) in [6.45, 7) is 5.79. The van der Waals surface area contributed by atoms with Crippen molar-refractivity contribution in [2.24, 2.45) is 0 Å². The third kappa shape index (κ3) is 4.91. The van der Waals surface area contributed by atoms with Gasteiger partial charge in [-0.05, 0) is 61.4 Å². The van der Waals surface area contributed by atoms with E-state index in [0.29, 0.717) is 5.66 Å². The fraction of sp³-hybridized carbons (Fsp3) is 0.455. The smallest absolute Gasteiger partial charge is 0.0233 e. The molecule has 0 spiro atoms. The Morgan fingerprint density at radius 2 is 2.12 bits per heavy atom. The average molecular weight is 339 g/mol. The number of allylic oxidation sites excluding steroid dienone is 2. The van der Waals surface area contributed by atoms with E-state index < -0.39 is 0 Å². The molecule has 2 aliphatic rings. The zero-order valence-electron chi connectivity index (χ0n) is 14.9. The lowest BCUT2D eigenvalue weighted by Gasteiger charge is -2.32. The van der Waals surface area contributed by atoms with Gasteiger partial charge >= 0.3 is 0 Å². The van der Waals surface area contributed by atoms with Gasteiger partial charge in [0, 0.05) is 19.6 Å². The minimum atomic E-state index is 0.682. The van der Waals surface area contributed by atoms with Crippen LogP contribution in [-0.2, 0) is 0 Å². The Morgan fingerprint density at radius 1 is 1.25 bits per heavy atom. The monoisotopic (exact) mass is 339 g/mol. The van der Waals surface area contributed by atoms with Crippen molar-refractivity contribution in [2.45, 2.75) is 44.7 Å². The van der Waals surface area contributed by atoms with E-state index >= 15 is 0 Å². The molecule has 0 N–H and O–H groups in total. The maximum atomic E-state index is 3.07. The standard InChI is InChI=1S/C22H30NP/c1-18-8-2-3-9-19(18)10-6-7-13-22(24)17-23-15-14-20-11-4-5-12-21(20)16-23/h2-3,5-6,8-10,12,22H,4,7,11,13-17,24H2,1H3/b10-6+. The highest BCUT2D eigenvalue weighted by Crippen LogP contribution is 2.27. The number of nitrogens with zero attached hydrogens (tertiary/aromatic N) is 1. The maximum Gasteiger partial charge on any atom is 0.0233 e. The van der Waals surface area contributed by atoms with Crippen molar-refractivity contribution in [3.8, 4) is 0 Å². The van der Waals surface area contributed by atoms with E-state index in [0.717, 1.165) is 13.0 Å².